The van der Waals surface area contributed by atoms with Gasteiger partial charge in [-0.1, -0.05) is 11.2 Å². The number of hydrogen-bond donors (Lipinski definition) is 2. The van der Waals surface area contributed by atoms with Gasteiger partial charge in [0.05, 0.1) is 17.1 Å². The molecule has 5 nitrogen and oxygen atoms in total. The van der Waals surface area contributed by atoms with E-state index in [1.165, 1.54) is 0 Å². The predicted molar refractivity (Wildman–Crippen MR) is 90.0 cm³/mol. The van der Waals surface area contributed by atoms with E-state index in [-0.39, 0.29) is 0 Å². The van der Waals surface area contributed by atoms with Crippen molar-refractivity contribution in [1.82, 2.24) is 10.1 Å². The summed E-state index contributed by atoms with van der Waals surface area (Å²) in [5.41, 5.74) is 11.0. The van der Waals surface area contributed by atoms with Gasteiger partial charge in [-0.2, -0.15) is 0 Å². The maximum absolute atomic E-state index is 6.25. The Balaban J connectivity index is 1.78. The molecule has 5 heteroatoms. The highest BCUT2D eigenvalue weighted by Crippen LogP contribution is 2.32. The molecule has 0 unspecified atom stereocenters. The number of nitrogens with two attached hydrogens (primary N) is 1. The van der Waals surface area contributed by atoms with Crippen LogP contribution in [-0.4, -0.2) is 36.2 Å². The van der Waals surface area contributed by atoms with E-state index in [1.807, 2.05) is 19.9 Å². The molecule has 118 valence electrons. The quantitative estimate of drug-likeness (QED) is 0.853. The SMILES string of the molecule is Cc1noc(C)c1-c1ccc(NC2CCN(C)CC2)c(N)c1. The standard InChI is InChI=1S/C17H24N4O/c1-11-17(12(2)22-20-11)13-4-5-16(15(18)10-13)19-14-6-8-21(3)9-7-14/h4-5,10,14,19H,6-9,18H2,1-3H3. The van der Waals surface area contributed by atoms with Crippen LogP contribution in [0.1, 0.15) is 24.3 Å². The smallest absolute Gasteiger partial charge is 0.141 e. The number of aromatic nitrogens is 1. The van der Waals surface area contributed by atoms with Crippen LogP contribution in [0.3, 0.4) is 0 Å². The van der Waals surface area contributed by atoms with Crippen molar-refractivity contribution in [2.45, 2.75) is 32.7 Å². The van der Waals surface area contributed by atoms with E-state index in [0.29, 0.717) is 6.04 Å². The first kappa shape index (κ1) is 14.9. The molecule has 1 fully saturated rings. The molecule has 1 aromatic carbocycles. The van der Waals surface area contributed by atoms with E-state index in [0.717, 1.165) is 59.9 Å². The molecule has 0 bridgehead atoms. The predicted octanol–water partition coefficient (Wildman–Crippen LogP) is 3.05. The summed E-state index contributed by atoms with van der Waals surface area (Å²) >= 11 is 0. The van der Waals surface area contributed by atoms with Crippen LogP contribution in [0.2, 0.25) is 0 Å². The number of nitrogens with one attached hydrogen (secondary N) is 1. The number of anilines is 2. The van der Waals surface area contributed by atoms with Crippen molar-refractivity contribution < 1.29 is 4.52 Å². The van der Waals surface area contributed by atoms with E-state index in [4.69, 9.17) is 10.3 Å². The number of aryl methyl sites for hydroxylation is 2. The molecule has 0 saturated carbocycles. The highest BCUT2D eigenvalue weighted by Gasteiger charge is 2.18. The Bertz CT molecular complexity index is 637. The van der Waals surface area contributed by atoms with E-state index >= 15 is 0 Å². The maximum atomic E-state index is 6.25. The molecule has 0 radical (unpaired) electrons. The van der Waals surface area contributed by atoms with Crippen molar-refractivity contribution >= 4 is 11.4 Å². The van der Waals surface area contributed by atoms with Crippen molar-refractivity contribution in [1.29, 1.82) is 0 Å². The summed E-state index contributed by atoms with van der Waals surface area (Å²) < 4.78 is 5.24. The molecule has 3 rings (SSSR count). The van der Waals surface area contributed by atoms with Crippen LogP contribution in [0.4, 0.5) is 11.4 Å². The average Bonchev–Trinajstić information content (AvgIpc) is 2.83. The number of nitrogen functional groups attached to an aromatic ring is 1. The fourth-order valence-corrected chi connectivity index (χ4v) is 3.12. The second-order valence-electron chi connectivity index (χ2n) is 6.22. The summed E-state index contributed by atoms with van der Waals surface area (Å²) in [5, 5.41) is 7.59. The van der Waals surface area contributed by atoms with Gasteiger partial charge in [-0.3, -0.25) is 0 Å². The average molecular weight is 300 g/mol. The lowest BCUT2D eigenvalue weighted by Crippen LogP contribution is -2.36. The zero-order valence-corrected chi connectivity index (χ0v) is 13.5. The zero-order valence-electron chi connectivity index (χ0n) is 13.5. The lowest BCUT2D eigenvalue weighted by molar-refractivity contribution is 0.264. The molecular formula is C17H24N4O. The minimum atomic E-state index is 0.503. The Morgan fingerprint density at radius 1 is 1.27 bits per heavy atom. The van der Waals surface area contributed by atoms with Crippen LogP contribution in [-0.2, 0) is 0 Å². The van der Waals surface area contributed by atoms with Crippen molar-refractivity contribution in [2.24, 2.45) is 0 Å². The molecule has 1 aliphatic rings. The molecule has 1 aliphatic heterocycles. The van der Waals surface area contributed by atoms with Gasteiger partial charge in [0.15, 0.2) is 0 Å². The lowest BCUT2D eigenvalue weighted by Gasteiger charge is -2.30. The third-order valence-corrected chi connectivity index (χ3v) is 4.45. The monoisotopic (exact) mass is 300 g/mol. The Labute approximate surface area is 131 Å². The number of likely N-dealkylation sites (tertiary alicyclic amines) is 1. The lowest BCUT2D eigenvalue weighted by atomic mass is 10.0. The molecule has 1 aromatic heterocycles. The molecule has 1 saturated heterocycles. The molecule has 0 atom stereocenters. The topological polar surface area (TPSA) is 67.3 Å². The number of benzene rings is 1. The van der Waals surface area contributed by atoms with E-state index in [2.05, 4.69) is 34.6 Å². The first-order valence-electron chi connectivity index (χ1n) is 7.82. The van der Waals surface area contributed by atoms with Crippen molar-refractivity contribution in [3.8, 4) is 11.1 Å². The fourth-order valence-electron chi connectivity index (χ4n) is 3.12. The maximum Gasteiger partial charge on any atom is 0.141 e. The summed E-state index contributed by atoms with van der Waals surface area (Å²) in [4.78, 5) is 2.36. The van der Waals surface area contributed by atoms with Crippen LogP contribution in [0.25, 0.3) is 11.1 Å². The molecule has 22 heavy (non-hydrogen) atoms. The summed E-state index contributed by atoms with van der Waals surface area (Å²) in [6.45, 7) is 6.15. The van der Waals surface area contributed by atoms with Gasteiger partial charge in [-0.05, 0) is 64.5 Å². The van der Waals surface area contributed by atoms with Crippen molar-refractivity contribution in [3.05, 3.63) is 29.7 Å². The van der Waals surface area contributed by atoms with Gasteiger partial charge in [0.1, 0.15) is 5.76 Å². The van der Waals surface area contributed by atoms with Gasteiger partial charge in [0.25, 0.3) is 0 Å². The normalized spacial score (nSPS) is 16.9. The summed E-state index contributed by atoms with van der Waals surface area (Å²) in [7, 11) is 2.17. The van der Waals surface area contributed by atoms with Crippen LogP contribution in [0, 0.1) is 13.8 Å². The van der Waals surface area contributed by atoms with Gasteiger partial charge in [0.2, 0.25) is 0 Å². The van der Waals surface area contributed by atoms with Crippen LogP contribution >= 0.6 is 0 Å². The van der Waals surface area contributed by atoms with E-state index < -0.39 is 0 Å². The number of hydrogen-bond acceptors (Lipinski definition) is 5. The number of rotatable bonds is 3. The number of piperidine rings is 1. The molecular weight excluding hydrogens is 276 g/mol. The molecule has 0 spiro atoms. The number of nitrogens with zero attached hydrogens (tertiary/aromatic N) is 2. The fraction of sp³-hybridized carbons (Fsp3) is 0.471. The van der Waals surface area contributed by atoms with Crippen LogP contribution in [0.15, 0.2) is 22.7 Å². The molecule has 3 N–H and O–H groups in total. The highest BCUT2D eigenvalue weighted by molar-refractivity contribution is 5.77. The second-order valence-corrected chi connectivity index (χ2v) is 6.22. The van der Waals surface area contributed by atoms with Crippen LogP contribution in [0.5, 0.6) is 0 Å². The Hall–Kier alpha value is -2.01. The zero-order chi connectivity index (χ0) is 15.7. The summed E-state index contributed by atoms with van der Waals surface area (Å²) in [6.07, 6.45) is 2.31. The van der Waals surface area contributed by atoms with Gasteiger partial charge in [-0.15, -0.1) is 0 Å². The summed E-state index contributed by atoms with van der Waals surface area (Å²) in [5.74, 6) is 0.827. The van der Waals surface area contributed by atoms with E-state index in [1.54, 1.807) is 0 Å². The van der Waals surface area contributed by atoms with Gasteiger partial charge < -0.3 is 20.5 Å². The Morgan fingerprint density at radius 3 is 2.59 bits per heavy atom. The first-order chi connectivity index (χ1) is 10.5. The van der Waals surface area contributed by atoms with Gasteiger partial charge in [-0.25, -0.2) is 0 Å². The molecule has 2 heterocycles. The first-order valence-corrected chi connectivity index (χ1v) is 7.82. The third-order valence-electron chi connectivity index (χ3n) is 4.45. The minimum absolute atomic E-state index is 0.503. The van der Waals surface area contributed by atoms with Gasteiger partial charge in [0, 0.05) is 11.6 Å². The second kappa shape index (κ2) is 6.01. The van der Waals surface area contributed by atoms with Crippen LogP contribution < -0.4 is 11.1 Å². The molecule has 0 aliphatic carbocycles. The third kappa shape index (κ3) is 2.95. The molecule has 2 aromatic rings. The summed E-state index contributed by atoms with van der Waals surface area (Å²) in [6, 6.07) is 6.65. The Morgan fingerprint density at radius 2 is 2.00 bits per heavy atom. The van der Waals surface area contributed by atoms with Crippen molar-refractivity contribution in [3.63, 3.8) is 0 Å². The largest absolute Gasteiger partial charge is 0.397 e. The Kier molecular flexibility index (Phi) is 4.07. The molecule has 0 amide bonds. The van der Waals surface area contributed by atoms with Gasteiger partial charge >= 0.3 is 0 Å². The minimum Gasteiger partial charge on any atom is -0.397 e. The van der Waals surface area contributed by atoms with E-state index in [9.17, 15) is 0 Å². The van der Waals surface area contributed by atoms with Crippen molar-refractivity contribution in [2.75, 3.05) is 31.2 Å². The highest BCUT2D eigenvalue weighted by atomic mass is 16.5.